The molecule has 7 nitrogen and oxygen atoms in total. The van der Waals surface area contributed by atoms with Crippen molar-refractivity contribution in [2.75, 3.05) is 12.4 Å². The van der Waals surface area contributed by atoms with E-state index in [2.05, 4.69) is 33.3 Å². The second-order valence-electron chi connectivity index (χ2n) is 7.92. The van der Waals surface area contributed by atoms with Crippen molar-refractivity contribution in [3.05, 3.63) is 87.9 Å². The fraction of sp³-hybridized carbons (Fsp3) is 0.280. The lowest BCUT2D eigenvalue weighted by Crippen LogP contribution is -2.25. The highest BCUT2D eigenvalue weighted by atomic mass is 16.5. The second-order valence-corrected chi connectivity index (χ2v) is 7.92. The zero-order chi connectivity index (χ0) is 22.7. The van der Waals surface area contributed by atoms with Crippen LogP contribution in [0.3, 0.4) is 0 Å². The number of anilines is 1. The zero-order valence-corrected chi connectivity index (χ0v) is 18.8. The Bertz CT molecular complexity index is 1320. The van der Waals surface area contributed by atoms with E-state index in [-0.39, 0.29) is 11.6 Å². The molecule has 32 heavy (non-hydrogen) atoms. The highest BCUT2D eigenvalue weighted by Crippen LogP contribution is 2.20. The molecule has 1 atom stereocenters. The molecule has 0 spiro atoms. The van der Waals surface area contributed by atoms with Crippen LogP contribution >= 0.6 is 0 Å². The summed E-state index contributed by atoms with van der Waals surface area (Å²) in [5.74, 6) is 2.91. The Labute approximate surface area is 187 Å². The molecule has 2 heterocycles. The number of hydrogen-bond acceptors (Lipinski definition) is 6. The predicted octanol–water partition coefficient (Wildman–Crippen LogP) is 3.90. The molecule has 1 unspecified atom stereocenters. The molecule has 0 radical (unpaired) electrons. The fourth-order valence-corrected chi connectivity index (χ4v) is 3.92. The van der Waals surface area contributed by atoms with Gasteiger partial charge in [0.05, 0.1) is 30.3 Å². The summed E-state index contributed by atoms with van der Waals surface area (Å²) >= 11 is 0. The number of aromatic nitrogens is 4. The first kappa shape index (κ1) is 21.5. The maximum Gasteiger partial charge on any atom is 0.261 e. The van der Waals surface area contributed by atoms with Gasteiger partial charge in [-0.2, -0.15) is 0 Å². The molecule has 0 bridgehead atoms. The molecule has 4 aromatic rings. The topological polar surface area (TPSA) is 81.9 Å². The van der Waals surface area contributed by atoms with Crippen LogP contribution in [0.25, 0.3) is 10.9 Å². The number of rotatable bonds is 7. The minimum absolute atomic E-state index is 0.0663. The van der Waals surface area contributed by atoms with E-state index in [4.69, 9.17) is 4.74 Å². The van der Waals surface area contributed by atoms with Crippen LogP contribution in [0, 0.1) is 13.8 Å². The number of aryl methyl sites for hydroxylation is 2. The van der Waals surface area contributed by atoms with Gasteiger partial charge in [-0.25, -0.2) is 15.0 Å². The molecule has 0 saturated heterocycles. The maximum absolute atomic E-state index is 13.0. The molecule has 2 aromatic carbocycles. The van der Waals surface area contributed by atoms with E-state index < -0.39 is 0 Å². The fourth-order valence-electron chi connectivity index (χ4n) is 3.92. The van der Waals surface area contributed by atoms with Crippen LogP contribution in [-0.2, 0) is 13.0 Å². The van der Waals surface area contributed by atoms with Crippen LogP contribution in [0.4, 0.5) is 5.82 Å². The summed E-state index contributed by atoms with van der Waals surface area (Å²) in [6.45, 7) is 6.14. The number of para-hydroxylation sites is 2. The molecule has 7 heteroatoms. The molecular weight excluding hydrogens is 402 g/mol. The van der Waals surface area contributed by atoms with Crippen molar-refractivity contribution in [1.82, 2.24) is 19.5 Å². The Kier molecular flexibility index (Phi) is 6.16. The number of nitrogens with zero attached hydrogens (tertiary/aromatic N) is 4. The van der Waals surface area contributed by atoms with E-state index >= 15 is 0 Å². The average molecular weight is 430 g/mol. The molecule has 4 rings (SSSR count). The van der Waals surface area contributed by atoms with E-state index in [1.807, 2.05) is 56.3 Å². The molecule has 164 valence electrons. The number of hydrogen-bond donors (Lipinski definition) is 1. The average Bonchev–Trinajstić information content (AvgIpc) is 2.76. The summed E-state index contributed by atoms with van der Waals surface area (Å²) < 4.78 is 7.12. The van der Waals surface area contributed by atoms with Crippen LogP contribution in [0.2, 0.25) is 0 Å². The summed E-state index contributed by atoms with van der Waals surface area (Å²) in [5, 5.41) is 4.06. The van der Waals surface area contributed by atoms with E-state index in [9.17, 15) is 4.79 Å². The molecule has 0 saturated carbocycles. The lowest BCUT2D eigenvalue weighted by Gasteiger charge is -2.17. The van der Waals surface area contributed by atoms with Gasteiger partial charge in [0.2, 0.25) is 0 Å². The van der Waals surface area contributed by atoms with Crippen molar-refractivity contribution in [3.63, 3.8) is 0 Å². The van der Waals surface area contributed by atoms with Gasteiger partial charge >= 0.3 is 0 Å². The van der Waals surface area contributed by atoms with Gasteiger partial charge in [0.15, 0.2) is 0 Å². The highest BCUT2D eigenvalue weighted by Gasteiger charge is 2.12. The quantitative estimate of drug-likeness (QED) is 0.480. The van der Waals surface area contributed by atoms with E-state index in [1.165, 1.54) is 0 Å². The lowest BCUT2D eigenvalue weighted by atomic mass is 10.1. The standard InChI is InChI=1S/C25H27N5O2/c1-16(13-19-9-5-8-12-23(19)32-4)26-24-14-20(27-17(2)28-24)15-30-18(3)29-22-11-7-6-10-21(22)25(30)31/h5-12,14,16H,13,15H2,1-4H3,(H,26,27,28). The first-order chi connectivity index (χ1) is 15.4. The molecule has 0 aliphatic carbocycles. The van der Waals surface area contributed by atoms with Crippen LogP contribution in [0.15, 0.2) is 59.4 Å². The van der Waals surface area contributed by atoms with Gasteiger partial charge in [-0.1, -0.05) is 30.3 Å². The molecule has 1 N–H and O–H groups in total. The Morgan fingerprint density at radius 2 is 1.78 bits per heavy atom. The van der Waals surface area contributed by atoms with Gasteiger partial charge in [-0.3, -0.25) is 9.36 Å². The van der Waals surface area contributed by atoms with Crippen molar-refractivity contribution in [3.8, 4) is 5.75 Å². The Morgan fingerprint density at radius 3 is 2.59 bits per heavy atom. The van der Waals surface area contributed by atoms with Crippen molar-refractivity contribution in [2.24, 2.45) is 0 Å². The second kappa shape index (κ2) is 9.18. The number of fused-ring (bicyclic) bond motifs is 1. The van der Waals surface area contributed by atoms with E-state index in [0.29, 0.717) is 29.1 Å². The Balaban J connectivity index is 1.57. The SMILES string of the molecule is COc1ccccc1CC(C)Nc1cc(Cn2c(C)nc3ccccc3c2=O)nc(C)n1. The molecule has 0 aliphatic rings. The summed E-state index contributed by atoms with van der Waals surface area (Å²) in [5.41, 5.74) is 2.53. The summed E-state index contributed by atoms with van der Waals surface area (Å²) in [4.78, 5) is 26.7. The third-order valence-electron chi connectivity index (χ3n) is 5.38. The van der Waals surface area contributed by atoms with Crippen LogP contribution in [0.5, 0.6) is 5.75 Å². The van der Waals surface area contributed by atoms with E-state index in [0.717, 1.165) is 29.2 Å². The number of benzene rings is 2. The molecule has 2 aromatic heterocycles. The van der Waals surface area contributed by atoms with E-state index in [1.54, 1.807) is 17.7 Å². The third kappa shape index (κ3) is 4.61. The summed E-state index contributed by atoms with van der Waals surface area (Å²) in [6, 6.07) is 17.4. The minimum Gasteiger partial charge on any atom is -0.496 e. The van der Waals surface area contributed by atoms with Gasteiger partial charge in [-0.05, 0) is 51.0 Å². The van der Waals surface area contributed by atoms with Gasteiger partial charge in [-0.15, -0.1) is 0 Å². The molecular formula is C25H27N5O2. The van der Waals surface area contributed by atoms with Gasteiger partial charge in [0.25, 0.3) is 5.56 Å². The number of ether oxygens (including phenoxy) is 1. The Morgan fingerprint density at radius 1 is 1.03 bits per heavy atom. The van der Waals surface area contributed by atoms with Crippen LogP contribution < -0.4 is 15.6 Å². The normalized spacial score (nSPS) is 12.0. The number of methoxy groups -OCH3 is 1. The maximum atomic E-state index is 13.0. The first-order valence-electron chi connectivity index (χ1n) is 10.6. The van der Waals surface area contributed by atoms with Gasteiger partial charge < -0.3 is 10.1 Å². The summed E-state index contributed by atoms with van der Waals surface area (Å²) in [6.07, 6.45) is 0.787. The van der Waals surface area contributed by atoms with Gasteiger partial charge in [0.1, 0.15) is 23.2 Å². The van der Waals surface area contributed by atoms with Crippen LogP contribution in [-0.4, -0.2) is 32.7 Å². The largest absolute Gasteiger partial charge is 0.496 e. The zero-order valence-electron chi connectivity index (χ0n) is 18.8. The lowest BCUT2D eigenvalue weighted by molar-refractivity contribution is 0.409. The monoisotopic (exact) mass is 429 g/mol. The summed E-state index contributed by atoms with van der Waals surface area (Å²) in [7, 11) is 1.68. The van der Waals surface area contributed by atoms with Gasteiger partial charge in [0, 0.05) is 12.1 Å². The Hall–Kier alpha value is -3.74. The first-order valence-corrected chi connectivity index (χ1v) is 10.6. The third-order valence-corrected chi connectivity index (χ3v) is 5.38. The molecule has 0 fully saturated rings. The van der Waals surface area contributed by atoms with Crippen LogP contribution in [0.1, 0.15) is 29.8 Å². The minimum atomic E-state index is -0.0663. The number of nitrogens with one attached hydrogen (secondary N) is 1. The van der Waals surface area contributed by atoms with Crippen molar-refractivity contribution in [2.45, 2.75) is 39.8 Å². The molecule has 0 amide bonds. The molecule has 0 aliphatic heterocycles. The van der Waals surface area contributed by atoms with Crippen molar-refractivity contribution >= 4 is 16.7 Å². The highest BCUT2D eigenvalue weighted by molar-refractivity contribution is 5.77. The van der Waals surface area contributed by atoms with Crippen molar-refractivity contribution in [1.29, 1.82) is 0 Å². The predicted molar refractivity (Wildman–Crippen MR) is 126 cm³/mol. The van der Waals surface area contributed by atoms with Crippen molar-refractivity contribution < 1.29 is 4.74 Å². The smallest absolute Gasteiger partial charge is 0.261 e.